The van der Waals surface area contributed by atoms with Gasteiger partial charge in [-0.1, -0.05) is 13.8 Å². The molecule has 0 unspecified atom stereocenters. The molecule has 1 heterocycles. The van der Waals surface area contributed by atoms with Gasteiger partial charge in [0.1, 0.15) is 0 Å². The molecule has 3 nitrogen and oxygen atoms in total. The summed E-state index contributed by atoms with van der Waals surface area (Å²) < 4.78 is 5.71. The average Bonchev–Trinajstić information content (AvgIpc) is 2.24. The van der Waals surface area contributed by atoms with Gasteiger partial charge >= 0.3 is 0 Å². The second-order valence-electron chi connectivity index (χ2n) is 4.92. The summed E-state index contributed by atoms with van der Waals surface area (Å²) in [5.74, 6) is 1.05. The number of ether oxygens (including phenoxy) is 1. The van der Waals surface area contributed by atoms with Gasteiger partial charge in [-0.15, -0.1) is 0 Å². The fourth-order valence-corrected chi connectivity index (χ4v) is 1.76. The van der Waals surface area contributed by atoms with Crippen molar-refractivity contribution in [3.63, 3.8) is 0 Å². The SMILES string of the molecule is CC(C)C(=N)N1CCCOC(C)(C)C1. The topological polar surface area (TPSA) is 36.3 Å². The number of hydrogen-bond donors (Lipinski definition) is 1. The monoisotopic (exact) mass is 198 g/mol. The molecular formula is C11H22N2O. The summed E-state index contributed by atoms with van der Waals surface area (Å²) in [4.78, 5) is 2.15. The molecule has 0 aromatic heterocycles. The minimum Gasteiger partial charge on any atom is -0.374 e. The van der Waals surface area contributed by atoms with Gasteiger partial charge in [-0.05, 0) is 20.3 Å². The van der Waals surface area contributed by atoms with Crippen molar-refractivity contribution in [2.45, 2.75) is 39.7 Å². The maximum absolute atomic E-state index is 7.98. The second kappa shape index (κ2) is 4.30. The Morgan fingerprint density at radius 2 is 2.07 bits per heavy atom. The van der Waals surface area contributed by atoms with Crippen LogP contribution in [-0.2, 0) is 4.74 Å². The van der Waals surface area contributed by atoms with Crippen LogP contribution in [0.25, 0.3) is 0 Å². The van der Waals surface area contributed by atoms with Crippen molar-refractivity contribution in [1.82, 2.24) is 4.90 Å². The van der Waals surface area contributed by atoms with E-state index < -0.39 is 0 Å². The van der Waals surface area contributed by atoms with E-state index in [9.17, 15) is 0 Å². The number of nitrogens with one attached hydrogen (secondary N) is 1. The van der Waals surface area contributed by atoms with Gasteiger partial charge in [0.15, 0.2) is 0 Å². The van der Waals surface area contributed by atoms with Crippen molar-refractivity contribution in [3.05, 3.63) is 0 Å². The Bertz CT molecular complexity index is 211. The maximum Gasteiger partial charge on any atom is 0.0984 e. The highest BCUT2D eigenvalue weighted by atomic mass is 16.5. The highest BCUT2D eigenvalue weighted by Crippen LogP contribution is 2.17. The van der Waals surface area contributed by atoms with E-state index in [0.717, 1.165) is 32.0 Å². The van der Waals surface area contributed by atoms with Gasteiger partial charge in [-0.3, -0.25) is 5.41 Å². The van der Waals surface area contributed by atoms with E-state index in [-0.39, 0.29) is 5.60 Å². The molecule has 1 N–H and O–H groups in total. The first-order valence-corrected chi connectivity index (χ1v) is 5.40. The molecule has 0 amide bonds. The molecular weight excluding hydrogens is 176 g/mol. The third-order valence-electron chi connectivity index (χ3n) is 2.52. The van der Waals surface area contributed by atoms with E-state index in [4.69, 9.17) is 10.1 Å². The Morgan fingerprint density at radius 1 is 1.43 bits per heavy atom. The van der Waals surface area contributed by atoms with E-state index in [2.05, 4.69) is 32.6 Å². The van der Waals surface area contributed by atoms with Crippen LogP contribution in [0.1, 0.15) is 34.1 Å². The van der Waals surface area contributed by atoms with Crippen molar-refractivity contribution in [2.24, 2.45) is 5.92 Å². The highest BCUT2D eigenvalue weighted by Gasteiger charge is 2.27. The van der Waals surface area contributed by atoms with Gasteiger partial charge in [0.2, 0.25) is 0 Å². The summed E-state index contributed by atoms with van der Waals surface area (Å²) in [5, 5.41) is 7.98. The van der Waals surface area contributed by atoms with Crippen molar-refractivity contribution in [3.8, 4) is 0 Å². The summed E-state index contributed by atoms with van der Waals surface area (Å²) in [6, 6.07) is 0. The maximum atomic E-state index is 7.98. The van der Waals surface area contributed by atoms with Gasteiger partial charge in [0, 0.05) is 25.6 Å². The molecule has 82 valence electrons. The summed E-state index contributed by atoms with van der Waals surface area (Å²) >= 11 is 0. The Labute approximate surface area is 86.9 Å². The molecule has 0 aliphatic carbocycles. The first kappa shape index (κ1) is 11.5. The van der Waals surface area contributed by atoms with Crippen molar-refractivity contribution in [1.29, 1.82) is 5.41 Å². The highest BCUT2D eigenvalue weighted by molar-refractivity contribution is 5.81. The van der Waals surface area contributed by atoms with Crippen LogP contribution in [0.5, 0.6) is 0 Å². The fraction of sp³-hybridized carbons (Fsp3) is 0.909. The first-order valence-electron chi connectivity index (χ1n) is 5.40. The lowest BCUT2D eigenvalue weighted by atomic mass is 10.1. The molecule has 0 aromatic rings. The van der Waals surface area contributed by atoms with E-state index in [1.165, 1.54) is 0 Å². The standard InChI is InChI=1S/C11H22N2O/c1-9(2)10(12)13-6-5-7-14-11(3,4)8-13/h9,12H,5-8H2,1-4H3. The quantitative estimate of drug-likeness (QED) is 0.517. The van der Waals surface area contributed by atoms with Crippen LogP contribution < -0.4 is 0 Å². The first-order chi connectivity index (χ1) is 6.42. The molecule has 1 rings (SSSR count). The molecule has 0 saturated carbocycles. The molecule has 1 aliphatic heterocycles. The van der Waals surface area contributed by atoms with Gasteiger partial charge < -0.3 is 9.64 Å². The zero-order chi connectivity index (χ0) is 10.8. The Morgan fingerprint density at radius 3 is 2.64 bits per heavy atom. The molecule has 1 fully saturated rings. The largest absolute Gasteiger partial charge is 0.374 e. The molecule has 1 saturated heterocycles. The van der Waals surface area contributed by atoms with Gasteiger partial charge in [0.05, 0.1) is 11.4 Å². The second-order valence-corrected chi connectivity index (χ2v) is 4.92. The van der Waals surface area contributed by atoms with Crippen LogP contribution in [0.15, 0.2) is 0 Å². The summed E-state index contributed by atoms with van der Waals surface area (Å²) in [6.07, 6.45) is 1.03. The van der Waals surface area contributed by atoms with Gasteiger partial charge in [-0.25, -0.2) is 0 Å². The molecule has 14 heavy (non-hydrogen) atoms. The van der Waals surface area contributed by atoms with Gasteiger partial charge in [-0.2, -0.15) is 0 Å². The molecule has 0 aromatic carbocycles. The average molecular weight is 198 g/mol. The predicted octanol–water partition coefficient (Wildman–Crippen LogP) is 2.12. The van der Waals surface area contributed by atoms with E-state index in [0.29, 0.717) is 5.92 Å². The van der Waals surface area contributed by atoms with Crippen molar-refractivity contribution in [2.75, 3.05) is 19.7 Å². The number of hydrogen-bond acceptors (Lipinski definition) is 2. The molecule has 0 atom stereocenters. The van der Waals surface area contributed by atoms with E-state index in [1.807, 2.05) is 0 Å². The number of nitrogens with zero attached hydrogens (tertiary/aromatic N) is 1. The van der Waals surface area contributed by atoms with Crippen LogP contribution >= 0.6 is 0 Å². The fourth-order valence-electron chi connectivity index (χ4n) is 1.76. The van der Waals surface area contributed by atoms with Crippen LogP contribution in [0.3, 0.4) is 0 Å². The minimum atomic E-state index is -0.113. The lowest BCUT2D eigenvalue weighted by molar-refractivity contribution is -0.0114. The van der Waals surface area contributed by atoms with E-state index >= 15 is 0 Å². The molecule has 1 aliphatic rings. The normalized spacial score (nSPS) is 22.2. The molecule has 0 bridgehead atoms. The van der Waals surface area contributed by atoms with Crippen LogP contribution in [-0.4, -0.2) is 36.0 Å². The Hall–Kier alpha value is -0.570. The third kappa shape index (κ3) is 2.98. The number of amidine groups is 1. The lowest BCUT2D eigenvalue weighted by Crippen LogP contribution is -2.43. The lowest BCUT2D eigenvalue weighted by Gasteiger charge is -2.31. The molecule has 0 spiro atoms. The van der Waals surface area contributed by atoms with Crippen LogP contribution in [0.4, 0.5) is 0 Å². The zero-order valence-electron chi connectivity index (χ0n) is 9.76. The summed E-state index contributed by atoms with van der Waals surface area (Å²) in [7, 11) is 0. The van der Waals surface area contributed by atoms with E-state index in [1.54, 1.807) is 0 Å². The Kier molecular flexibility index (Phi) is 3.53. The summed E-state index contributed by atoms with van der Waals surface area (Å²) in [5.41, 5.74) is -0.113. The minimum absolute atomic E-state index is 0.113. The number of rotatable bonds is 1. The smallest absolute Gasteiger partial charge is 0.0984 e. The van der Waals surface area contributed by atoms with Gasteiger partial charge in [0.25, 0.3) is 0 Å². The zero-order valence-corrected chi connectivity index (χ0v) is 9.76. The molecule has 3 heteroatoms. The Balaban J connectivity index is 2.64. The van der Waals surface area contributed by atoms with Crippen LogP contribution in [0, 0.1) is 11.3 Å². The van der Waals surface area contributed by atoms with Crippen molar-refractivity contribution >= 4 is 5.84 Å². The predicted molar refractivity (Wildman–Crippen MR) is 58.8 cm³/mol. The third-order valence-corrected chi connectivity index (χ3v) is 2.52. The summed E-state index contributed by atoms with van der Waals surface area (Å²) in [6.45, 7) is 10.9. The van der Waals surface area contributed by atoms with Crippen molar-refractivity contribution < 1.29 is 4.74 Å². The molecule has 0 radical (unpaired) electrons. The van der Waals surface area contributed by atoms with Crippen LogP contribution in [0.2, 0.25) is 0 Å².